The minimum absolute atomic E-state index is 0.265. The van der Waals surface area contributed by atoms with Crippen LogP contribution in [-0.4, -0.2) is 4.98 Å². The van der Waals surface area contributed by atoms with Crippen molar-refractivity contribution in [2.45, 2.75) is 0 Å². The quantitative estimate of drug-likeness (QED) is 0.622. The highest BCUT2D eigenvalue weighted by molar-refractivity contribution is 5.84. The van der Waals surface area contributed by atoms with Crippen molar-refractivity contribution in [3.63, 3.8) is 0 Å². The van der Waals surface area contributed by atoms with Crippen LogP contribution in [0.4, 0.5) is 8.78 Å². The predicted octanol–water partition coefficient (Wildman–Crippen LogP) is 4.18. The van der Waals surface area contributed by atoms with Gasteiger partial charge < -0.3 is 0 Å². The number of aromatic nitrogens is 1. The summed E-state index contributed by atoms with van der Waals surface area (Å²) in [6.07, 6.45) is 1.70. The van der Waals surface area contributed by atoms with Crippen LogP contribution in [0.1, 0.15) is 0 Å². The summed E-state index contributed by atoms with van der Waals surface area (Å²) >= 11 is 0. The maximum absolute atomic E-state index is 13.7. The van der Waals surface area contributed by atoms with Crippen molar-refractivity contribution < 1.29 is 8.78 Å². The Balaban J connectivity index is 2.22. The summed E-state index contributed by atoms with van der Waals surface area (Å²) in [5.74, 6) is -1.65. The summed E-state index contributed by atoms with van der Waals surface area (Å²) in [6.45, 7) is 0. The molecule has 0 unspecified atom stereocenters. The fourth-order valence-corrected chi connectivity index (χ4v) is 1.97. The fourth-order valence-electron chi connectivity index (χ4n) is 1.97. The number of fused-ring (bicyclic) bond motifs is 1. The van der Waals surface area contributed by atoms with Gasteiger partial charge in [0.1, 0.15) is 0 Å². The maximum Gasteiger partial charge on any atom is 0.166 e. The van der Waals surface area contributed by atoms with E-state index in [0.717, 1.165) is 17.0 Å². The van der Waals surface area contributed by atoms with Crippen LogP contribution < -0.4 is 0 Å². The molecule has 0 spiro atoms. The van der Waals surface area contributed by atoms with E-state index in [-0.39, 0.29) is 5.56 Å². The molecule has 0 atom stereocenters. The second-order valence-corrected chi connectivity index (χ2v) is 4.01. The first-order valence-corrected chi connectivity index (χ1v) is 5.55. The highest BCUT2D eigenvalue weighted by atomic mass is 19.2. The van der Waals surface area contributed by atoms with Crippen LogP contribution in [0.15, 0.2) is 54.7 Å². The van der Waals surface area contributed by atoms with Gasteiger partial charge in [-0.3, -0.25) is 4.98 Å². The molecular formula is C15H9F2N. The Kier molecular flexibility index (Phi) is 2.52. The SMILES string of the molecule is Fc1cccc(-c2ccc3ncccc3c2)c1F. The average molecular weight is 241 g/mol. The molecule has 2 aromatic carbocycles. The number of halogens is 2. The van der Waals surface area contributed by atoms with Gasteiger partial charge in [0.25, 0.3) is 0 Å². The molecule has 1 nitrogen and oxygen atoms in total. The zero-order chi connectivity index (χ0) is 12.5. The normalized spacial score (nSPS) is 10.8. The molecule has 0 saturated heterocycles. The molecule has 3 heteroatoms. The number of benzene rings is 2. The van der Waals surface area contributed by atoms with Gasteiger partial charge in [-0.15, -0.1) is 0 Å². The van der Waals surface area contributed by atoms with E-state index in [1.54, 1.807) is 30.5 Å². The summed E-state index contributed by atoms with van der Waals surface area (Å²) < 4.78 is 26.9. The standard InChI is InChI=1S/C15H9F2N/c16-13-5-1-4-12(15(13)17)10-6-7-14-11(9-10)3-2-8-18-14/h1-9H. The van der Waals surface area contributed by atoms with Crippen molar-refractivity contribution in [2.75, 3.05) is 0 Å². The second-order valence-electron chi connectivity index (χ2n) is 4.01. The molecule has 0 aliphatic heterocycles. The first-order chi connectivity index (χ1) is 8.75. The molecule has 0 fully saturated rings. The fraction of sp³-hybridized carbons (Fsp3) is 0. The van der Waals surface area contributed by atoms with Crippen LogP contribution in [0.2, 0.25) is 0 Å². The predicted molar refractivity (Wildman–Crippen MR) is 67.1 cm³/mol. The molecule has 3 aromatic rings. The van der Waals surface area contributed by atoms with Gasteiger partial charge in [0.2, 0.25) is 0 Å². The molecule has 0 saturated carbocycles. The summed E-state index contributed by atoms with van der Waals surface area (Å²) in [6, 6.07) is 13.2. The van der Waals surface area contributed by atoms with Crippen molar-refractivity contribution in [2.24, 2.45) is 0 Å². The first kappa shape index (κ1) is 10.8. The Morgan fingerprint density at radius 3 is 2.67 bits per heavy atom. The highest BCUT2D eigenvalue weighted by Crippen LogP contribution is 2.26. The molecular weight excluding hydrogens is 232 g/mol. The van der Waals surface area contributed by atoms with Gasteiger partial charge in [-0.05, 0) is 29.8 Å². The van der Waals surface area contributed by atoms with Crippen LogP contribution in [0.25, 0.3) is 22.0 Å². The molecule has 1 heterocycles. The smallest absolute Gasteiger partial charge is 0.166 e. The molecule has 3 rings (SSSR count). The Bertz CT molecular complexity index is 723. The van der Waals surface area contributed by atoms with Crippen LogP contribution in [-0.2, 0) is 0 Å². The van der Waals surface area contributed by atoms with E-state index in [4.69, 9.17) is 0 Å². The lowest BCUT2D eigenvalue weighted by molar-refractivity contribution is 0.511. The lowest BCUT2D eigenvalue weighted by atomic mass is 10.0. The lowest BCUT2D eigenvalue weighted by Crippen LogP contribution is -1.89. The van der Waals surface area contributed by atoms with Crippen LogP contribution in [0.3, 0.4) is 0 Å². The Morgan fingerprint density at radius 2 is 1.78 bits per heavy atom. The summed E-state index contributed by atoms with van der Waals surface area (Å²) in [7, 11) is 0. The molecule has 0 aliphatic rings. The molecule has 18 heavy (non-hydrogen) atoms. The van der Waals surface area contributed by atoms with E-state index in [9.17, 15) is 8.78 Å². The first-order valence-electron chi connectivity index (χ1n) is 5.55. The molecule has 0 aliphatic carbocycles. The van der Waals surface area contributed by atoms with Gasteiger partial charge in [-0.25, -0.2) is 8.78 Å². The number of hydrogen-bond acceptors (Lipinski definition) is 1. The van der Waals surface area contributed by atoms with Gasteiger partial charge in [0.05, 0.1) is 5.52 Å². The van der Waals surface area contributed by atoms with Crippen molar-refractivity contribution in [3.05, 3.63) is 66.4 Å². The van der Waals surface area contributed by atoms with E-state index in [1.165, 1.54) is 6.07 Å². The van der Waals surface area contributed by atoms with Crippen molar-refractivity contribution in [1.29, 1.82) is 0 Å². The van der Waals surface area contributed by atoms with Crippen molar-refractivity contribution in [3.8, 4) is 11.1 Å². The van der Waals surface area contributed by atoms with Crippen LogP contribution in [0.5, 0.6) is 0 Å². The van der Waals surface area contributed by atoms with Gasteiger partial charge in [0, 0.05) is 17.1 Å². The van der Waals surface area contributed by atoms with Gasteiger partial charge in [-0.1, -0.05) is 24.3 Å². The Morgan fingerprint density at radius 1 is 0.889 bits per heavy atom. The topological polar surface area (TPSA) is 12.9 Å². The summed E-state index contributed by atoms with van der Waals surface area (Å²) in [4.78, 5) is 4.19. The van der Waals surface area contributed by atoms with E-state index in [0.29, 0.717) is 5.56 Å². The van der Waals surface area contributed by atoms with Gasteiger partial charge in [-0.2, -0.15) is 0 Å². The van der Waals surface area contributed by atoms with Crippen LogP contribution in [0, 0.1) is 11.6 Å². The number of pyridine rings is 1. The minimum Gasteiger partial charge on any atom is -0.256 e. The third kappa shape index (κ3) is 1.74. The Hall–Kier alpha value is -2.29. The molecule has 0 bridgehead atoms. The van der Waals surface area contributed by atoms with E-state index in [1.807, 2.05) is 12.1 Å². The second kappa shape index (κ2) is 4.18. The van der Waals surface area contributed by atoms with Crippen molar-refractivity contribution in [1.82, 2.24) is 4.98 Å². The highest BCUT2D eigenvalue weighted by Gasteiger charge is 2.09. The largest absolute Gasteiger partial charge is 0.256 e. The Labute approximate surface area is 103 Å². The van der Waals surface area contributed by atoms with E-state index >= 15 is 0 Å². The van der Waals surface area contributed by atoms with Gasteiger partial charge in [0.15, 0.2) is 11.6 Å². The van der Waals surface area contributed by atoms with Crippen LogP contribution >= 0.6 is 0 Å². The summed E-state index contributed by atoms with van der Waals surface area (Å²) in [5.41, 5.74) is 1.74. The lowest BCUT2D eigenvalue weighted by Gasteiger charge is -2.05. The molecule has 0 N–H and O–H groups in total. The molecule has 0 radical (unpaired) electrons. The zero-order valence-electron chi connectivity index (χ0n) is 9.40. The van der Waals surface area contributed by atoms with E-state index < -0.39 is 11.6 Å². The minimum atomic E-state index is -0.834. The average Bonchev–Trinajstić information content (AvgIpc) is 2.41. The zero-order valence-corrected chi connectivity index (χ0v) is 9.40. The summed E-state index contributed by atoms with van der Waals surface area (Å²) in [5, 5.41) is 0.902. The molecule has 0 amide bonds. The van der Waals surface area contributed by atoms with Gasteiger partial charge >= 0.3 is 0 Å². The number of rotatable bonds is 1. The molecule has 1 aromatic heterocycles. The number of nitrogens with zero attached hydrogens (tertiary/aromatic N) is 1. The number of hydrogen-bond donors (Lipinski definition) is 0. The molecule has 88 valence electrons. The monoisotopic (exact) mass is 241 g/mol. The van der Waals surface area contributed by atoms with Crippen molar-refractivity contribution >= 4 is 10.9 Å². The third-order valence-electron chi connectivity index (χ3n) is 2.87. The maximum atomic E-state index is 13.7. The third-order valence-corrected chi connectivity index (χ3v) is 2.87. The van der Waals surface area contributed by atoms with E-state index in [2.05, 4.69) is 4.98 Å².